The molecule has 0 amide bonds. The second-order valence-corrected chi connectivity index (χ2v) is 7.04. The van der Waals surface area contributed by atoms with Crippen LogP contribution in [-0.2, 0) is 4.74 Å². The molecule has 1 aromatic carbocycles. The van der Waals surface area contributed by atoms with Crippen molar-refractivity contribution in [1.29, 1.82) is 0 Å². The van der Waals surface area contributed by atoms with E-state index in [-0.39, 0.29) is 11.5 Å². The van der Waals surface area contributed by atoms with Crippen molar-refractivity contribution in [2.24, 2.45) is 10.4 Å². The fourth-order valence-electron chi connectivity index (χ4n) is 2.80. The molecule has 0 saturated carbocycles. The highest BCUT2D eigenvalue weighted by Crippen LogP contribution is 2.28. The molecule has 4 nitrogen and oxygen atoms in total. The average molecular weight is 305 g/mol. The summed E-state index contributed by atoms with van der Waals surface area (Å²) in [6.07, 6.45) is 1.80. The SMILES string of the molecule is CC(C)(C)[C@H]1COC(c2ccc3ccc4cccnc4c3n2)=N1. The first-order valence-corrected chi connectivity index (χ1v) is 7.88. The lowest BCUT2D eigenvalue weighted by Crippen LogP contribution is -2.25. The zero-order valence-electron chi connectivity index (χ0n) is 13.6. The second kappa shape index (κ2) is 5.01. The average Bonchev–Trinajstić information content (AvgIpc) is 3.04. The highest BCUT2D eigenvalue weighted by atomic mass is 16.5. The molecule has 23 heavy (non-hydrogen) atoms. The Labute approximate surface area is 135 Å². The van der Waals surface area contributed by atoms with Gasteiger partial charge in [0.2, 0.25) is 5.90 Å². The molecule has 3 heterocycles. The number of hydrogen-bond donors (Lipinski definition) is 0. The second-order valence-electron chi connectivity index (χ2n) is 7.04. The first-order valence-electron chi connectivity index (χ1n) is 7.88. The van der Waals surface area contributed by atoms with Crippen LogP contribution in [0.4, 0.5) is 0 Å². The van der Waals surface area contributed by atoms with Gasteiger partial charge in [-0.2, -0.15) is 0 Å². The van der Waals surface area contributed by atoms with Gasteiger partial charge in [0.25, 0.3) is 0 Å². The number of aliphatic imine (C=N–C) groups is 1. The van der Waals surface area contributed by atoms with Crippen molar-refractivity contribution in [2.45, 2.75) is 26.8 Å². The van der Waals surface area contributed by atoms with Gasteiger partial charge < -0.3 is 4.74 Å². The summed E-state index contributed by atoms with van der Waals surface area (Å²) in [6.45, 7) is 7.16. The standard InChI is InChI=1S/C19H19N3O/c1-19(2,3)15-11-23-18(22-15)14-9-8-13-7-6-12-5-4-10-20-16(12)17(13)21-14/h4-10,15H,11H2,1-3H3/t15-/m1/s1. The van der Waals surface area contributed by atoms with E-state index in [1.165, 1.54) is 0 Å². The summed E-state index contributed by atoms with van der Waals surface area (Å²) < 4.78 is 5.81. The quantitative estimate of drug-likeness (QED) is 0.639. The Kier molecular flexibility index (Phi) is 3.08. The summed E-state index contributed by atoms with van der Waals surface area (Å²) in [6, 6.07) is 12.3. The van der Waals surface area contributed by atoms with Crippen molar-refractivity contribution in [3.63, 3.8) is 0 Å². The van der Waals surface area contributed by atoms with Crippen molar-refractivity contribution < 1.29 is 4.74 Å². The maximum absolute atomic E-state index is 5.81. The highest BCUT2D eigenvalue weighted by molar-refractivity contribution is 6.04. The smallest absolute Gasteiger partial charge is 0.235 e. The lowest BCUT2D eigenvalue weighted by molar-refractivity contribution is 0.235. The number of aromatic nitrogens is 2. The van der Waals surface area contributed by atoms with Gasteiger partial charge in [-0.05, 0) is 17.5 Å². The fourth-order valence-corrected chi connectivity index (χ4v) is 2.80. The zero-order chi connectivity index (χ0) is 16.0. The van der Waals surface area contributed by atoms with Crippen LogP contribution in [-0.4, -0.2) is 28.5 Å². The van der Waals surface area contributed by atoms with E-state index in [1.807, 2.05) is 12.1 Å². The Morgan fingerprint density at radius 1 is 1.00 bits per heavy atom. The zero-order valence-corrected chi connectivity index (χ0v) is 13.6. The molecule has 0 fully saturated rings. The van der Waals surface area contributed by atoms with Gasteiger partial charge >= 0.3 is 0 Å². The monoisotopic (exact) mass is 305 g/mol. The van der Waals surface area contributed by atoms with Crippen LogP contribution in [0.1, 0.15) is 26.5 Å². The first-order chi connectivity index (χ1) is 11.0. The molecule has 0 radical (unpaired) electrons. The van der Waals surface area contributed by atoms with E-state index >= 15 is 0 Å². The normalized spacial score (nSPS) is 18.2. The Morgan fingerprint density at radius 2 is 1.74 bits per heavy atom. The summed E-state index contributed by atoms with van der Waals surface area (Å²) in [5, 5.41) is 2.16. The van der Waals surface area contributed by atoms with E-state index in [4.69, 9.17) is 14.7 Å². The number of rotatable bonds is 1. The molecule has 0 bridgehead atoms. The van der Waals surface area contributed by atoms with E-state index in [1.54, 1.807) is 6.20 Å². The van der Waals surface area contributed by atoms with Crippen LogP contribution < -0.4 is 0 Å². The molecule has 1 aliphatic rings. The van der Waals surface area contributed by atoms with Gasteiger partial charge in [0, 0.05) is 17.0 Å². The minimum absolute atomic E-state index is 0.0901. The van der Waals surface area contributed by atoms with Crippen molar-refractivity contribution in [3.8, 4) is 0 Å². The minimum atomic E-state index is 0.0901. The molecule has 0 saturated heterocycles. The molecule has 0 spiro atoms. The summed E-state index contributed by atoms with van der Waals surface area (Å²) in [5.74, 6) is 0.639. The minimum Gasteiger partial charge on any atom is -0.474 e. The highest BCUT2D eigenvalue weighted by Gasteiger charge is 2.31. The van der Waals surface area contributed by atoms with E-state index in [0.717, 1.165) is 27.5 Å². The molecule has 0 unspecified atom stereocenters. The van der Waals surface area contributed by atoms with Gasteiger partial charge in [0.05, 0.1) is 17.1 Å². The van der Waals surface area contributed by atoms with E-state index in [2.05, 4.69) is 50.0 Å². The molecule has 4 rings (SSSR count). The molecule has 1 aliphatic heterocycles. The van der Waals surface area contributed by atoms with Crippen LogP contribution in [0.25, 0.3) is 21.8 Å². The number of pyridine rings is 2. The molecule has 116 valence electrons. The van der Waals surface area contributed by atoms with E-state index in [0.29, 0.717) is 12.5 Å². The summed E-state index contributed by atoms with van der Waals surface area (Å²) in [4.78, 5) is 14.0. The van der Waals surface area contributed by atoms with Gasteiger partial charge in [-0.3, -0.25) is 4.98 Å². The molecule has 1 atom stereocenters. The van der Waals surface area contributed by atoms with Crippen LogP contribution in [0.15, 0.2) is 47.6 Å². The molecule has 2 aromatic heterocycles. The number of fused-ring (bicyclic) bond motifs is 3. The molecular weight excluding hydrogens is 286 g/mol. The summed E-state index contributed by atoms with van der Waals surface area (Å²) in [7, 11) is 0. The fraction of sp³-hybridized carbons (Fsp3) is 0.316. The van der Waals surface area contributed by atoms with Crippen LogP contribution in [0, 0.1) is 5.41 Å². The topological polar surface area (TPSA) is 47.4 Å². The number of ether oxygens (including phenoxy) is 1. The van der Waals surface area contributed by atoms with Crippen LogP contribution in [0.5, 0.6) is 0 Å². The molecule has 4 heteroatoms. The lowest BCUT2D eigenvalue weighted by atomic mass is 9.88. The predicted octanol–water partition coefficient (Wildman–Crippen LogP) is 3.97. The van der Waals surface area contributed by atoms with E-state index < -0.39 is 0 Å². The van der Waals surface area contributed by atoms with Crippen molar-refractivity contribution >= 4 is 27.7 Å². The number of nitrogens with zero attached hydrogens (tertiary/aromatic N) is 3. The molecular formula is C19H19N3O. The van der Waals surface area contributed by atoms with Gasteiger partial charge in [-0.25, -0.2) is 9.98 Å². The predicted molar refractivity (Wildman–Crippen MR) is 92.8 cm³/mol. The van der Waals surface area contributed by atoms with Gasteiger partial charge in [0.15, 0.2) is 0 Å². The molecule has 3 aromatic rings. The van der Waals surface area contributed by atoms with Crippen LogP contribution in [0.2, 0.25) is 0 Å². The third kappa shape index (κ3) is 2.44. The van der Waals surface area contributed by atoms with Crippen LogP contribution >= 0.6 is 0 Å². The first kappa shape index (κ1) is 14.1. The molecule has 0 N–H and O–H groups in total. The molecule has 0 aliphatic carbocycles. The third-order valence-corrected chi connectivity index (χ3v) is 4.30. The largest absolute Gasteiger partial charge is 0.474 e. The van der Waals surface area contributed by atoms with Crippen molar-refractivity contribution in [1.82, 2.24) is 9.97 Å². The number of hydrogen-bond acceptors (Lipinski definition) is 4. The van der Waals surface area contributed by atoms with Gasteiger partial charge in [-0.1, -0.05) is 45.0 Å². The van der Waals surface area contributed by atoms with Crippen LogP contribution in [0.3, 0.4) is 0 Å². The maximum atomic E-state index is 5.81. The Balaban J connectivity index is 1.85. The van der Waals surface area contributed by atoms with Gasteiger partial charge in [0.1, 0.15) is 12.3 Å². The van der Waals surface area contributed by atoms with Gasteiger partial charge in [-0.15, -0.1) is 0 Å². The Bertz CT molecular complexity index is 925. The van der Waals surface area contributed by atoms with E-state index in [9.17, 15) is 0 Å². The number of benzene rings is 1. The maximum Gasteiger partial charge on any atom is 0.235 e. The third-order valence-electron chi connectivity index (χ3n) is 4.30. The Hall–Kier alpha value is -2.49. The summed E-state index contributed by atoms with van der Waals surface area (Å²) in [5.41, 5.74) is 2.68. The lowest BCUT2D eigenvalue weighted by Gasteiger charge is -2.21. The van der Waals surface area contributed by atoms with Crippen molar-refractivity contribution in [2.75, 3.05) is 6.61 Å². The Morgan fingerprint density at radius 3 is 2.48 bits per heavy atom. The summed E-state index contributed by atoms with van der Waals surface area (Å²) >= 11 is 0. The van der Waals surface area contributed by atoms with Crippen molar-refractivity contribution in [3.05, 3.63) is 48.3 Å².